The first-order chi connectivity index (χ1) is 15.9. The Labute approximate surface area is 205 Å². The summed E-state index contributed by atoms with van der Waals surface area (Å²) < 4.78 is 16.3. The van der Waals surface area contributed by atoms with Crippen LogP contribution in [0.3, 0.4) is 0 Å². The molecule has 3 aromatic carbocycles. The van der Waals surface area contributed by atoms with Crippen molar-refractivity contribution in [1.29, 1.82) is 0 Å². The molecule has 0 saturated carbocycles. The predicted octanol–water partition coefficient (Wildman–Crippen LogP) is 7.20. The molecule has 5 rings (SSSR count). The second kappa shape index (κ2) is 8.78. The smallest absolute Gasteiger partial charge is 0.270 e. The Bertz CT molecular complexity index is 1460. The molecular formula is C26H18ClFN2OS2. The number of carbonyl (C=O) groups is 1. The Hall–Kier alpha value is -2.93. The van der Waals surface area contributed by atoms with Crippen molar-refractivity contribution in [2.45, 2.75) is 13.5 Å². The normalized spacial score (nSPS) is 15.2. The van der Waals surface area contributed by atoms with Gasteiger partial charge in [-0.1, -0.05) is 78.0 Å². The van der Waals surface area contributed by atoms with Gasteiger partial charge in [-0.2, -0.15) is 0 Å². The number of anilines is 1. The van der Waals surface area contributed by atoms with Gasteiger partial charge in [0, 0.05) is 33.7 Å². The quantitative estimate of drug-likeness (QED) is 0.222. The Balaban J connectivity index is 1.58. The number of nitrogens with zero attached hydrogens (tertiary/aromatic N) is 2. The third kappa shape index (κ3) is 3.99. The second-order valence-electron chi connectivity index (χ2n) is 7.69. The van der Waals surface area contributed by atoms with E-state index in [1.54, 1.807) is 12.1 Å². The average molecular weight is 493 g/mol. The first-order valence-electron chi connectivity index (χ1n) is 10.3. The van der Waals surface area contributed by atoms with Gasteiger partial charge in [-0.3, -0.25) is 9.69 Å². The fourth-order valence-electron chi connectivity index (χ4n) is 4.08. The van der Waals surface area contributed by atoms with Crippen molar-refractivity contribution in [3.8, 4) is 0 Å². The van der Waals surface area contributed by atoms with Gasteiger partial charge in [0.15, 0.2) is 4.32 Å². The van der Waals surface area contributed by atoms with E-state index in [2.05, 4.69) is 10.6 Å². The van der Waals surface area contributed by atoms with E-state index in [1.807, 2.05) is 55.5 Å². The van der Waals surface area contributed by atoms with E-state index in [0.29, 0.717) is 26.5 Å². The van der Waals surface area contributed by atoms with E-state index in [9.17, 15) is 9.18 Å². The van der Waals surface area contributed by atoms with Gasteiger partial charge in [-0.15, -0.1) is 0 Å². The summed E-state index contributed by atoms with van der Waals surface area (Å²) in [5.74, 6) is -0.665. The van der Waals surface area contributed by atoms with Gasteiger partial charge >= 0.3 is 0 Å². The average Bonchev–Trinajstić information content (AvgIpc) is 3.23. The zero-order valence-corrected chi connectivity index (χ0v) is 20.0. The lowest BCUT2D eigenvalue weighted by Gasteiger charge is -2.14. The SMILES string of the molecule is Cc1c(/C=C2/SC(=S)N(c3cccc(F)c3)C2=O)c2ccccc2n1Cc1ccccc1Cl. The summed E-state index contributed by atoms with van der Waals surface area (Å²) in [6.45, 7) is 2.65. The molecule has 0 N–H and O–H groups in total. The number of thioether (sulfide) groups is 1. The van der Waals surface area contributed by atoms with Crippen LogP contribution in [-0.4, -0.2) is 14.8 Å². The molecule has 1 aliphatic heterocycles. The summed E-state index contributed by atoms with van der Waals surface area (Å²) in [5.41, 5.74) is 4.48. The Morgan fingerprint density at radius 2 is 1.82 bits per heavy atom. The molecule has 1 fully saturated rings. The number of halogens is 2. The number of rotatable bonds is 4. The lowest BCUT2D eigenvalue weighted by Crippen LogP contribution is -2.27. The number of hydrogen-bond donors (Lipinski definition) is 0. The highest BCUT2D eigenvalue weighted by molar-refractivity contribution is 8.27. The summed E-state index contributed by atoms with van der Waals surface area (Å²) in [4.78, 5) is 15.1. The van der Waals surface area contributed by atoms with Crippen LogP contribution in [0.15, 0.2) is 77.7 Å². The maximum Gasteiger partial charge on any atom is 0.270 e. The molecule has 1 aromatic heterocycles. The summed E-state index contributed by atoms with van der Waals surface area (Å²) in [5, 5.41) is 1.75. The van der Waals surface area contributed by atoms with Crippen LogP contribution in [0.1, 0.15) is 16.8 Å². The predicted molar refractivity (Wildman–Crippen MR) is 139 cm³/mol. The van der Waals surface area contributed by atoms with Gasteiger partial charge in [-0.05, 0) is 48.9 Å². The first-order valence-corrected chi connectivity index (χ1v) is 11.9. The monoisotopic (exact) mass is 492 g/mol. The van der Waals surface area contributed by atoms with Crippen LogP contribution in [0.2, 0.25) is 5.02 Å². The summed E-state index contributed by atoms with van der Waals surface area (Å²) >= 11 is 13.1. The Morgan fingerprint density at radius 1 is 1.06 bits per heavy atom. The van der Waals surface area contributed by atoms with Crippen molar-refractivity contribution >= 4 is 68.5 Å². The number of aromatic nitrogens is 1. The zero-order valence-electron chi connectivity index (χ0n) is 17.6. The topological polar surface area (TPSA) is 25.2 Å². The van der Waals surface area contributed by atoms with E-state index in [-0.39, 0.29) is 5.91 Å². The molecule has 164 valence electrons. The molecule has 3 nitrogen and oxygen atoms in total. The van der Waals surface area contributed by atoms with Crippen molar-refractivity contribution in [2.24, 2.45) is 0 Å². The van der Waals surface area contributed by atoms with Gasteiger partial charge in [0.05, 0.1) is 10.6 Å². The van der Waals surface area contributed by atoms with Crippen molar-refractivity contribution in [1.82, 2.24) is 4.57 Å². The van der Waals surface area contributed by atoms with E-state index in [4.69, 9.17) is 23.8 Å². The molecule has 0 bridgehead atoms. The number of para-hydroxylation sites is 1. The highest BCUT2D eigenvalue weighted by Crippen LogP contribution is 2.38. The second-order valence-corrected chi connectivity index (χ2v) is 9.77. The largest absolute Gasteiger partial charge is 0.340 e. The molecule has 33 heavy (non-hydrogen) atoms. The van der Waals surface area contributed by atoms with Crippen molar-refractivity contribution in [3.63, 3.8) is 0 Å². The highest BCUT2D eigenvalue weighted by atomic mass is 35.5. The molecule has 0 unspecified atom stereocenters. The fourth-order valence-corrected chi connectivity index (χ4v) is 5.55. The number of benzene rings is 3. The molecule has 0 atom stereocenters. The van der Waals surface area contributed by atoms with Gasteiger partial charge in [0.25, 0.3) is 5.91 Å². The molecular weight excluding hydrogens is 475 g/mol. The van der Waals surface area contributed by atoms with Crippen molar-refractivity contribution in [2.75, 3.05) is 4.90 Å². The van der Waals surface area contributed by atoms with Crippen LogP contribution in [0, 0.1) is 12.7 Å². The number of thiocarbonyl (C=S) groups is 1. The van der Waals surface area contributed by atoms with Gasteiger partial charge in [-0.25, -0.2) is 4.39 Å². The third-order valence-corrected chi connectivity index (χ3v) is 7.37. The van der Waals surface area contributed by atoms with Gasteiger partial charge in [0.2, 0.25) is 0 Å². The van der Waals surface area contributed by atoms with E-state index >= 15 is 0 Å². The number of carbonyl (C=O) groups excluding carboxylic acids is 1. The summed E-state index contributed by atoms with van der Waals surface area (Å²) in [7, 11) is 0. The highest BCUT2D eigenvalue weighted by Gasteiger charge is 2.34. The van der Waals surface area contributed by atoms with Crippen LogP contribution >= 0.6 is 35.6 Å². The van der Waals surface area contributed by atoms with E-state index < -0.39 is 5.82 Å². The number of amides is 1. The molecule has 1 saturated heterocycles. The zero-order chi connectivity index (χ0) is 23.1. The Kier molecular flexibility index (Phi) is 5.83. The molecule has 4 aromatic rings. The molecule has 1 amide bonds. The molecule has 7 heteroatoms. The third-order valence-electron chi connectivity index (χ3n) is 5.70. The maximum atomic E-state index is 13.7. The Morgan fingerprint density at radius 3 is 2.61 bits per heavy atom. The number of hydrogen-bond acceptors (Lipinski definition) is 3. The van der Waals surface area contributed by atoms with Crippen molar-refractivity contribution < 1.29 is 9.18 Å². The minimum atomic E-state index is -0.413. The summed E-state index contributed by atoms with van der Waals surface area (Å²) in [6, 6.07) is 21.8. The lowest BCUT2D eigenvalue weighted by atomic mass is 10.1. The van der Waals surface area contributed by atoms with Crippen molar-refractivity contribution in [3.05, 3.63) is 105 Å². The molecule has 1 aliphatic rings. The molecule has 2 heterocycles. The van der Waals surface area contributed by atoms with Gasteiger partial charge in [0.1, 0.15) is 5.82 Å². The van der Waals surface area contributed by atoms with Crippen LogP contribution in [0.4, 0.5) is 10.1 Å². The molecule has 0 aliphatic carbocycles. The van der Waals surface area contributed by atoms with Crippen LogP contribution in [-0.2, 0) is 11.3 Å². The molecule has 0 radical (unpaired) electrons. The van der Waals surface area contributed by atoms with E-state index in [1.165, 1.54) is 28.8 Å². The minimum absolute atomic E-state index is 0.252. The van der Waals surface area contributed by atoms with Gasteiger partial charge < -0.3 is 4.57 Å². The van der Waals surface area contributed by atoms with Crippen LogP contribution < -0.4 is 4.90 Å². The molecule has 0 spiro atoms. The minimum Gasteiger partial charge on any atom is -0.340 e. The standard InChI is InChI=1S/C26H18ClFN2OS2/c1-16-21(14-24-25(31)30(26(32)33-24)19-9-6-8-18(28)13-19)20-10-3-5-12-23(20)29(16)15-17-7-2-4-11-22(17)27/h2-14H,15H2,1H3/b24-14+. The summed E-state index contributed by atoms with van der Waals surface area (Å²) in [6.07, 6.45) is 1.89. The number of fused-ring (bicyclic) bond motifs is 1. The fraction of sp³-hybridized carbons (Fsp3) is 0.0769. The first kappa shape index (κ1) is 21.9. The van der Waals surface area contributed by atoms with Crippen LogP contribution in [0.25, 0.3) is 17.0 Å². The van der Waals surface area contributed by atoms with E-state index in [0.717, 1.165) is 27.7 Å². The lowest BCUT2D eigenvalue weighted by molar-refractivity contribution is -0.113. The van der Waals surface area contributed by atoms with Crippen LogP contribution in [0.5, 0.6) is 0 Å². The maximum absolute atomic E-state index is 13.7.